The van der Waals surface area contributed by atoms with Gasteiger partial charge in [0.1, 0.15) is 5.78 Å². The largest absolute Gasteiger partial charge is 0.305 e. The van der Waals surface area contributed by atoms with Crippen LogP contribution in [-0.4, -0.2) is 54.9 Å². The van der Waals surface area contributed by atoms with Gasteiger partial charge < -0.3 is 4.90 Å². The van der Waals surface area contributed by atoms with Crippen molar-refractivity contribution < 1.29 is 4.79 Å². The Hall–Kier alpha value is -0.410. The number of rotatable bonds is 4. The highest BCUT2D eigenvalue weighted by Gasteiger charge is 2.21. The van der Waals surface area contributed by atoms with Gasteiger partial charge in [-0.25, -0.2) is 0 Å². The minimum atomic E-state index is 0.308. The van der Waals surface area contributed by atoms with E-state index in [1.165, 1.54) is 19.4 Å². The van der Waals surface area contributed by atoms with Crippen LogP contribution in [-0.2, 0) is 4.79 Å². The Kier molecular flexibility index (Phi) is 5.26. The van der Waals surface area contributed by atoms with Crippen molar-refractivity contribution in [2.45, 2.75) is 39.2 Å². The first kappa shape index (κ1) is 12.7. The molecule has 0 spiro atoms. The predicted octanol–water partition coefficient (Wildman–Crippen LogP) is 1.38. The number of Topliss-reactive ketones (excluding diaryl/α,β-unsaturated/α-hetero) is 1. The molecule has 1 atom stereocenters. The van der Waals surface area contributed by atoms with E-state index in [0.29, 0.717) is 18.2 Å². The van der Waals surface area contributed by atoms with Crippen molar-refractivity contribution in [2.75, 3.05) is 33.2 Å². The van der Waals surface area contributed by atoms with Crippen molar-refractivity contribution >= 4 is 5.78 Å². The number of hydrogen-bond acceptors (Lipinski definition) is 3. The van der Waals surface area contributed by atoms with E-state index in [9.17, 15) is 4.79 Å². The van der Waals surface area contributed by atoms with Crippen LogP contribution in [0.3, 0.4) is 0 Å². The number of hydrogen-bond donors (Lipinski definition) is 0. The van der Waals surface area contributed by atoms with E-state index in [2.05, 4.69) is 23.8 Å². The molecule has 3 heteroatoms. The van der Waals surface area contributed by atoms with Gasteiger partial charge in [-0.15, -0.1) is 0 Å². The molecule has 0 aromatic rings. The minimum Gasteiger partial charge on any atom is -0.305 e. The molecule has 1 heterocycles. The molecule has 88 valence electrons. The molecule has 1 aliphatic rings. The lowest BCUT2D eigenvalue weighted by molar-refractivity contribution is -0.117. The summed E-state index contributed by atoms with van der Waals surface area (Å²) in [5.41, 5.74) is 0. The molecule has 0 aromatic heterocycles. The van der Waals surface area contributed by atoms with Gasteiger partial charge in [-0.1, -0.05) is 6.92 Å². The molecule has 1 unspecified atom stereocenters. The number of carbonyl (C=O) groups is 1. The van der Waals surface area contributed by atoms with Gasteiger partial charge in [0.05, 0.1) is 0 Å². The van der Waals surface area contributed by atoms with E-state index < -0.39 is 0 Å². The van der Waals surface area contributed by atoms with E-state index in [1.807, 2.05) is 0 Å². The van der Waals surface area contributed by atoms with Crippen LogP contribution in [0.25, 0.3) is 0 Å². The van der Waals surface area contributed by atoms with Crippen molar-refractivity contribution in [3.05, 3.63) is 0 Å². The van der Waals surface area contributed by atoms with E-state index >= 15 is 0 Å². The molecule has 0 amide bonds. The highest BCUT2D eigenvalue weighted by molar-refractivity contribution is 5.75. The lowest BCUT2D eigenvalue weighted by Crippen LogP contribution is -2.40. The van der Waals surface area contributed by atoms with Crippen molar-refractivity contribution in [3.8, 4) is 0 Å². The molecule has 0 aromatic carbocycles. The topological polar surface area (TPSA) is 23.6 Å². The molecule has 3 nitrogen and oxygen atoms in total. The van der Waals surface area contributed by atoms with Crippen molar-refractivity contribution in [1.82, 2.24) is 9.80 Å². The summed E-state index contributed by atoms with van der Waals surface area (Å²) in [6.45, 7) is 8.36. The number of nitrogens with zero attached hydrogens (tertiary/aromatic N) is 2. The average Bonchev–Trinajstić information content (AvgIpc) is 2.36. The van der Waals surface area contributed by atoms with Gasteiger partial charge in [-0.05, 0) is 39.9 Å². The summed E-state index contributed by atoms with van der Waals surface area (Å²) in [6.07, 6.45) is 3.12. The van der Waals surface area contributed by atoms with Gasteiger partial charge in [0.15, 0.2) is 0 Å². The van der Waals surface area contributed by atoms with Crippen LogP contribution < -0.4 is 0 Å². The zero-order valence-electron chi connectivity index (χ0n) is 10.3. The summed E-state index contributed by atoms with van der Waals surface area (Å²) >= 11 is 0. The maximum absolute atomic E-state index is 11.0. The third-order valence-corrected chi connectivity index (χ3v) is 3.25. The van der Waals surface area contributed by atoms with E-state index in [1.54, 1.807) is 6.92 Å². The quantitative estimate of drug-likeness (QED) is 0.703. The second kappa shape index (κ2) is 6.23. The first-order valence-electron chi connectivity index (χ1n) is 6.05. The highest BCUT2D eigenvalue weighted by Crippen LogP contribution is 2.12. The zero-order chi connectivity index (χ0) is 11.3. The van der Waals surface area contributed by atoms with Crippen LogP contribution in [0.2, 0.25) is 0 Å². The van der Waals surface area contributed by atoms with Gasteiger partial charge in [-0.3, -0.25) is 9.69 Å². The summed E-state index contributed by atoms with van der Waals surface area (Å²) in [7, 11) is 2.19. The van der Waals surface area contributed by atoms with Gasteiger partial charge in [0.25, 0.3) is 0 Å². The Morgan fingerprint density at radius 2 is 2.13 bits per heavy atom. The maximum Gasteiger partial charge on any atom is 0.131 e. The van der Waals surface area contributed by atoms with E-state index in [0.717, 1.165) is 19.6 Å². The maximum atomic E-state index is 11.0. The third-order valence-electron chi connectivity index (χ3n) is 3.25. The monoisotopic (exact) mass is 212 g/mol. The van der Waals surface area contributed by atoms with E-state index in [-0.39, 0.29) is 0 Å². The standard InChI is InChI=1S/C12H24N2O/c1-4-12-10-13(3)7-5-8-14(12)9-6-11(2)15/h12H,4-10H2,1-3H3. The fraction of sp³-hybridized carbons (Fsp3) is 0.917. The minimum absolute atomic E-state index is 0.308. The summed E-state index contributed by atoms with van der Waals surface area (Å²) in [6, 6.07) is 0.636. The number of ketones is 1. The Morgan fingerprint density at radius 3 is 2.73 bits per heavy atom. The fourth-order valence-electron chi connectivity index (χ4n) is 2.28. The normalized spacial score (nSPS) is 25.1. The van der Waals surface area contributed by atoms with Crippen LogP contribution in [0.1, 0.15) is 33.1 Å². The summed E-state index contributed by atoms with van der Waals surface area (Å²) in [5.74, 6) is 0.308. The molecule has 0 radical (unpaired) electrons. The third kappa shape index (κ3) is 4.31. The van der Waals surface area contributed by atoms with Gasteiger partial charge in [-0.2, -0.15) is 0 Å². The second-order valence-electron chi connectivity index (χ2n) is 4.67. The summed E-state index contributed by atoms with van der Waals surface area (Å²) in [5, 5.41) is 0. The first-order chi connectivity index (χ1) is 7.13. The summed E-state index contributed by atoms with van der Waals surface area (Å²) < 4.78 is 0. The molecule has 0 saturated carbocycles. The first-order valence-corrected chi connectivity index (χ1v) is 6.05. The van der Waals surface area contributed by atoms with Crippen molar-refractivity contribution in [2.24, 2.45) is 0 Å². The Morgan fingerprint density at radius 1 is 1.40 bits per heavy atom. The SMILES string of the molecule is CCC1CN(C)CCCN1CCC(C)=O. The molecular weight excluding hydrogens is 188 g/mol. The smallest absolute Gasteiger partial charge is 0.131 e. The highest BCUT2D eigenvalue weighted by atomic mass is 16.1. The van der Waals surface area contributed by atoms with Crippen molar-refractivity contribution in [3.63, 3.8) is 0 Å². The molecule has 0 N–H and O–H groups in total. The van der Waals surface area contributed by atoms with Crippen LogP contribution in [0.4, 0.5) is 0 Å². The van der Waals surface area contributed by atoms with Crippen LogP contribution >= 0.6 is 0 Å². The summed E-state index contributed by atoms with van der Waals surface area (Å²) in [4.78, 5) is 15.9. The Labute approximate surface area is 93.4 Å². The van der Waals surface area contributed by atoms with Crippen molar-refractivity contribution in [1.29, 1.82) is 0 Å². The fourth-order valence-corrected chi connectivity index (χ4v) is 2.28. The molecule has 1 saturated heterocycles. The van der Waals surface area contributed by atoms with Crippen LogP contribution in [0, 0.1) is 0 Å². The molecule has 0 bridgehead atoms. The Balaban J connectivity index is 2.47. The Bertz CT molecular complexity index is 206. The second-order valence-corrected chi connectivity index (χ2v) is 4.67. The van der Waals surface area contributed by atoms with Gasteiger partial charge in [0, 0.05) is 25.6 Å². The van der Waals surface area contributed by atoms with E-state index in [4.69, 9.17) is 0 Å². The molecule has 1 fully saturated rings. The van der Waals surface area contributed by atoms with Gasteiger partial charge in [0.2, 0.25) is 0 Å². The molecule has 1 rings (SSSR count). The lowest BCUT2D eigenvalue weighted by atomic mass is 10.1. The molecule has 15 heavy (non-hydrogen) atoms. The van der Waals surface area contributed by atoms with Gasteiger partial charge >= 0.3 is 0 Å². The molecule has 0 aliphatic carbocycles. The van der Waals surface area contributed by atoms with Crippen LogP contribution in [0.15, 0.2) is 0 Å². The zero-order valence-corrected chi connectivity index (χ0v) is 10.3. The van der Waals surface area contributed by atoms with Crippen LogP contribution in [0.5, 0.6) is 0 Å². The predicted molar refractivity (Wildman–Crippen MR) is 63.1 cm³/mol. The number of carbonyl (C=O) groups excluding carboxylic acids is 1. The average molecular weight is 212 g/mol. The lowest BCUT2D eigenvalue weighted by Gasteiger charge is -2.29. The molecular formula is C12H24N2O. The molecule has 1 aliphatic heterocycles. The number of likely N-dealkylation sites (N-methyl/N-ethyl adjacent to an activating group) is 1.